The molecule has 0 aliphatic carbocycles. The SMILES string of the molecule is CNCc1ccc(-c2ccccc2Cl)cc1. The van der Waals surface area contributed by atoms with Crippen LogP contribution in [0.1, 0.15) is 5.56 Å². The van der Waals surface area contributed by atoms with E-state index in [1.54, 1.807) is 0 Å². The molecular formula is C14H14ClN. The molecule has 0 saturated carbocycles. The number of hydrogen-bond donors (Lipinski definition) is 1. The summed E-state index contributed by atoms with van der Waals surface area (Å²) in [6.45, 7) is 0.892. The van der Waals surface area contributed by atoms with Crippen LogP contribution in [-0.4, -0.2) is 7.05 Å². The standard InChI is InChI=1S/C14H14ClN/c1-16-10-11-6-8-12(9-7-11)13-4-2-3-5-14(13)15/h2-9,16H,10H2,1H3. The maximum Gasteiger partial charge on any atom is 0.0484 e. The molecule has 1 N–H and O–H groups in total. The first-order chi connectivity index (χ1) is 7.81. The summed E-state index contributed by atoms with van der Waals surface area (Å²) in [5, 5.41) is 3.92. The molecule has 2 aromatic rings. The van der Waals surface area contributed by atoms with Crippen molar-refractivity contribution >= 4 is 11.6 Å². The number of halogens is 1. The maximum absolute atomic E-state index is 6.15. The normalized spacial score (nSPS) is 10.4. The first-order valence-corrected chi connectivity index (χ1v) is 5.67. The summed E-state index contributed by atoms with van der Waals surface area (Å²) >= 11 is 6.15. The predicted molar refractivity (Wildman–Crippen MR) is 69.7 cm³/mol. The van der Waals surface area contributed by atoms with Crippen molar-refractivity contribution in [1.29, 1.82) is 0 Å². The zero-order chi connectivity index (χ0) is 11.4. The molecule has 2 rings (SSSR count). The minimum Gasteiger partial charge on any atom is -0.316 e. The molecule has 0 saturated heterocycles. The summed E-state index contributed by atoms with van der Waals surface area (Å²) in [5.74, 6) is 0. The van der Waals surface area contributed by atoms with Crippen molar-refractivity contribution in [3.63, 3.8) is 0 Å². The van der Waals surface area contributed by atoms with Gasteiger partial charge in [-0.1, -0.05) is 54.1 Å². The third kappa shape index (κ3) is 2.43. The van der Waals surface area contributed by atoms with Crippen molar-refractivity contribution in [2.24, 2.45) is 0 Å². The Hall–Kier alpha value is -1.31. The molecule has 0 radical (unpaired) electrons. The van der Waals surface area contributed by atoms with Gasteiger partial charge in [0.2, 0.25) is 0 Å². The predicted octanol–water partition coefficient (Wildman–Crippen LogP) is 3.73. The van der Waals surface area contributed by atoms with E-state index in [1.807, 2.05) is 31.3 Å². The Bertz CT molecular complexity index is 462. The van der Waals surface area contributed by atoms with E-state index < -0.39 is 0 Å². The molecular weight excluding hydrogens is 218 g/mol. The molecule has 82 valence electrons. The second-order valence-electron chi connectivity index (χ2n) is 3.71. The van der Waals surface area contributed by atoms with Crippen molar-refractivity contribution in [3.05, 3.63) is 59.1 Å². The van der Waals surface area contributed by atoms with Gasteiger partial charge in [0.05, 0.1) is 0 Å². The van der Waals surface area contributed by atoms with Crippen LogP contribution in [0.3, 0.4) is 0 Å². The Kier molecular flexibility index (Phi) is 3.60. The van der Waals surface area contributed by atoms with E-state index in [1.165, 1.54) is 5.56 Å². The highest BCUT2D eigenvalue weighted by Gasteiger charge is 2.01. The van der Waals surface area contributed by atoms with Crippen LogP contribution in [0.4, 0.5) is 0 Å². The molecule has 0 fully saturated rings. The molecule has 0 spiro atoms. The van der Waals surface area contributed by atoms with Crippen molar-refractivity contribution < 1.29 is 0 Å². The summed E-state index contributed by atoms with van der Waals surface area (Å²) in [4.78, 5) is 0. The van der Waals surface area contributed by atoms with Crippen molar-refractivity contribution in [1.82, 2.24) is 5.32 Å². The fraction of sp³-hybridized carbons (Fsp3) is 0.143. The van der Waals surface area contributed by atoms with Crippen LogP contribution in [0.25, 0.3) is 11.1 Å². The van der Waals surface area contributed by atoms with Gasteiger partial charge in [-0.15, -0.1) is 0 Å². The Balaban J connectivity index is 2.31. The van der Waals surface area contributed by atoms with Crippen LogP contribution >= 0.6 is 11.6 Å². The molecule has 2 aromatic carbocycles. The Morgan fingerprint density at radius 1 is 1.00 bits per heavy atom. The molecule has 0 heterocycles. The molecule has 1 nitrogen and oxygen atoms in total. The van der Waals surface area contributed by atoms with Gasteiger partial charge >= 0.3 is 0 Å². The van der Waals surface area contributed by atoms with Gasteiger partial charge in [-0.3, -0.25) is 0 Å². The van der Waals surface area contributed by atoms with Gasteiger partial charge in [-0.05, 0) is 24.2 Å². The van der Waals surface area contributed by atoms with E-state index in [2.05, 4.69) is 29.6 Å². The van der Waals surface area contributed by atoms with Crippen molar-refractivity contribution in [2.75, 3.05) is 7.05 Å². The summed E-state index contributed by atoms with van der Waals surface area (Å²) < 4.78 is 0. The molecule has 2 heteroatoms. The monoisotopic (exact) mass is 231 g/mol. The van der Waals surface area contributed by atoms with Crippen LogP contribution in [0, 0.1) is 0 Å². The molecule has 0 aliphatic rings. The quantitative estimate of drug-likeness (QED) is 0.849. The van der Waals surface area contributed by atoms with Gasteiger partial charge < -0.3 is 5.32 Å². The largest absolute Gasteiger partial charge is 0.316 e. The van der Waals surface area contributed by atoms with E-state index in [0.717, 1.165) is 22.7 Å². The van der Waals surface area contributed by atoms with Crippen LogP contribution < -0.4 is 5.32 Å². The van der Waals surface area contributed by atoms with Crippen LogP contribution in [0.5, 0.6) is 0 Å². The summed E-state index contributed by atoms with van der Waals surface area (Å²) in [5.41, 5.74) is 3.52. The molecule has 0 unspecified atom stereocenters. The Morgan fingerprint density at radius 3 is 2.31 bits per heavy atom. The maximum atomic E-state index is 6.15. The van der Waals surface area contributed by atoms with E-state index in [4.69, 9.17) is 11.6 Å². The Labute approximate surface area is 101 Å². The third-order valence-electron chi connectivity index (χ3n) is 2.52. The van der Waals surface area contributed by atoms with Gasteiger partial charge in [0.15, 0.2) is 0 Å². The van der Waals surface area contributed by atoms with Crippen molar-refractivity contribution in [2.45, 2.75) is 6.54 Å². The lowest BCUT2D eigenvalue weighted by atomic mass is 10.0. The lowest BCUT2D eigenvalue weighted by Crippen LogP contribution is -2.04. The molecule has 0 aliphatic heterocycles. The minimum atomic E-state index is 0.795. The van der Waals surface area contributed by atoms with E-state index in [0.29, 0.717) is 0 Å². The molecule has 16 heavy (non-hydrogen) atoms. The fourth-order valence-electron chi connectivity index (χ4n) is 1.70. The van der Waals surface area contributed by atoms with Gasteiger partial charge in [-0.25, -0.2) is 0 Å². The molecule has 0 atom stereocenters. The second-order valence-corrected chi connectivity index (χ2v) is 4.11. The number of benzene rings is 2. The van der Waals surface area contributed by atoms with Gasteiger partial charge in [-0.2, -0.15) is 0 Å². The van der Waals surface area contributed by atoms with E-state index >= 15 is 0 Å². The van der Waals surface area contributed by atoms with Gasteiger partial charge in [0.25, 0.3) is 0 Å². The molecule has 0 bridgehead atoms. The number of nitrogens with one attached hydrogen (secondary N) is 1. The third-order valence-corrected chi connectivity index (χ3v) is 2.85. The second kappa shape index (κ2) is 5.15. The minimum absolute atomic E-state index is 0.795. The topological polar surface area (TPSA) is 12.0 Å². The van der Waals surface area contributed by atoms with E-state index in [-0.39, 0.29) is 0 Å². The highest BCUT2D eigenvalue weighted by Crippen LogP contribution is 2.27. The first-order valence-electron chi connectivity index (χ1n) is 5.29. The summed E-state index contributed by atoms with van der Waals surface area (Å²) in [7, 11) is 1.95. The average Bonchev–Trinajstić information content (AvgIpc) is 2.31. The Morgan fingerprint density at radius 2 is 1.69 bits per heavy atom. The van der Waals surface area contributed by atoms with Crippen LogP contribution in [-0.2, 0) is 6.54 Å². The molecule has 0 aromatic heterocycles. The van der Waals surface area contributed by atoms with Gasteiger partial charge in [0.1, 0.15) is 0 Å². The lowest BCUT2D eigenvalue weighted by Gasteiger charge is -2.05. The number of hydrogen-bond acceptors (Lipinski definition) is 1. The van der Waals surface area contributed by atoms with Crippen LogP contribution in [0.2, 0.25) is 5.02 Å². The van der Waals surface area contributed by atoms with Crippen molar-refractivity contribution in [3.8, 4) is 11.1 Å². The average molecular weight is 232 g/mol. The smallest absolute Gasteiger partial charge is 0.0484 e. The fourth-order valence-corrected chi connectivity index (χ4v) is 1.95. The van der Waals surface area contributed by atoms with Gasteiger partial charge in [0, 0.05) is 17.1 Å². The zero-order valence-electron chi connectivity index (χ0n) is 9.20. The lowest BCUT2D eigenvalue weighted by molar-refractivity contribution is 0.818. The first kappa shape index (κ1) is 11.2. The van der Waals surface area contributed by atoms with E-state index in [9.17, 15) is 0 Å². The summed E-state index contributed by atoms with van der Waals surface area (Å²) in [6, 6.07) is 16.4. The van der Waals surface area contributed by atoms with Crippen LogP contribution in [0.15, 0.2) is 48.5 Å². The zero-order valence-corrected chi connectivity index (χ0v) is 9.96. The highest BCUT2D eigenvalue weighted by atomic mass is 35.5. The molecule has 0 amide bonds. The highest BCUT2D eigenvalue weighted by molar-refractivity contribution is 6.33. The summed E-state index contributed by atoms with van der Waals surface area (Å²) in [6.07, 6.45) is 0. The number of rotatable bonds is 3.